The summed E-state index contributed by atoms with van der Waals surface area (Å²) in [5, 5.41) is 3.24. The minimum Gasteiger partial charge on any atom is -0.444 e. The third-order valence-electron chi connectivity index (χ3n) is 5.41. The SMILES string of the molecule is CC(C)(C)OC(=O)N1CCC(CC(NC(=O)C2=CC=CC2)c2ccccc2)CC1. The molecule has 0 bridgehead atoms. The molecule has 1 fully saturated rings. The van der Waals surface area contributed by atoms with Crippen LogP contribution in [0.25, 0.3) is 0 Å². The van der Waals surface area contributed by atoms with E-state index in [0.717, 1.165) is 30.4 Å². The molecule has 2 amide bonds. The van der Waals surface area contributed by atoms with Crippen molar-refractivity contribution in [2.24, 2.45) is 5.92 Å². The first-order valence-electron chi connectivity index (χ1n) is 10.5. The molecule has 0 spiro atoms. The second-order valence-electron chi connectivity index (χ2n) is 8.91. The zero-order chi connectivity index (χ0) is 20.9. The van der Waals surface area contributed by atoms with Crippen molar-refractivity contribution in [3.63, 3.8) is 0 Å². The van der Waals surface area contributed by atoms with Gasteiger partial charge in [0.2, 0.25) is 5.91 Å². The van der Waals surface area contributed by atoms with E-state index in [1.165, 1.54) is 0 Å². The fourth-order valence-corrected chi connectivity index (χ4v) is 3.84. The summed E-state index contributed by atoms with van der Waals surface area (Å²) in [6.45, 7) is 7.06. The van der Waals surface area contributed by atoms with Crippen molar-refractivity contribution in [3.8, 4) is 0 Å². The topological polar surface area (TPSA) is 58.6 Å². The lowest BCUT2D eigenvalue weighted by atomic mass is 9.87. The van der Waals surface area contributed by atoms with Crippen molar-refractivity contribution in [1.29, 1.82) is 0 Å². The average molecular weight is 397 g/mol. The van der Waals surface area contributed by atoms with Gasteiger partial charge in [-0.15, -0.1) is 0 Å². The standard InChI is InChI=1S/C24H32N2O3/c1-24(2,3)29-23(28)26-15-13-18(14-16-26)17-21(19-9-5-4-6-10-19)25-22(27)20-11-7-8-12-20/h4-11,18,21H,12-17H2,1-3H3,(H,25,27). The predicted octanol–water partition coefficient (Wildman–Crippen LogP) is 4.77. The summed E-state index contributed by atoms with van der Waals surface area (Å²) < 4.78 is 5.49. The molecule has 1 heterocycles. The van der Waals surface area contributed by atoms with E-state index in [1.807, 2.05) is 57.2 Å². The Bertz CT molecular complexity index is 769. The van der Waals surface area contributed by atoms with Gasteiger partial charge in [-0.05, 0) is 57.9 Å². The van der Waals surface area contributed by atoms with Gasteiger partial charge in [0.25, 0.3) is 0 Å². The number of rotatable bonds is 5. The van der Waals surface area contributed by atoms with Gasteiger partial charge in [0.15, 0.2) is 0 Å². The van der Waals surface area contributed by atoms with E-state index >= 15 is 0 Å². The molecule has 5 nitrogen and oxygen atoms in total. The van der Waals surface area contributed by atoms with Gasteiger partial charge < -0.3 is 15.0 Å². The second kappa shape index (κ2) is 9.29. The lowest BCUT2D eigenvalue weighted by Gasteiger charge is -2.35. The van der Waals surface area contributed by atoms with Crippen molar-refractivity contribution in [2.45, 2.75) is 58.1 Å². The highest BCUT2D eigenvalue weighted by Gasteiger charge is 2.29. The van der Waals surface area contributed by atoms with E-state index in [9.17, 15) is 9.59 Å². The molecular weight excluding hydrogens is 364 g/mol. The van der Waals surface area contributed by atoms with Gasteiger partial charge in [0.05, 0.1) is 6.04 Å². The normalized spacial score (nSPS) is 18.3. The molecule has 1 N–H and O–H groups in total. The Labute approximate surface area is 173 Å². The molecular formula is C24H32N2O3. The van der Waals surface area contributed by atoms with Crippen LogP contribution >= 0.6 is 0 Å². The number of hydrogen-bond acceptors (Lipinski definition) is 3. The highest BCUT2D eigenvalue weighted by Crippen LogP contribution is 2.29. The summed E-state index contributed by atoms with van der Waals surface area (Å²) in [6.07, 6.45) is 8.99. The van der Waals surface area contributed by atoms with Crippen LogP contribution < -0.4 is 5.32 Å². The minimum atomic E-state index is -0.472. The molecule has 1 atom stereocenters. The second-order valence-corrected chi connectivity index (χ2v) is 8.91. The quantitative estimate of drug-likeness (QED) is 0.780. The smallest absolute Gasteiger partial charge is 0.410 e. The van der Waals surface area contributed by atoms with Gasteiger partial charge in [-0.1, -0.05) is 48.6 Å². The van der Waals surface area contributed by atoms with Crippen LogP contribution in [0.5, 0.6) is 0 Å². The Morgan fingerprint density at radius 3 is 2.45 bits per heavy atom. The molecule has 1 saturated heterocycles. The average Bonchev–Trinajstić information content (AvgIpc) is 3.22. The number of nitrogens with one attached hydrogen (secondary N) is 1. The summed E-state index contributed by atoms with van der Waals surface area (Å²) in [7, 11) is 0. The van der Waals surface area contributed by atoms with Crippen LogP contribution in [0.2, 0.25) is 0 Å². The number of ether oxygens (including phenoxy) is 1. The number of amides is 2. The van der Waals surface area contributed by atoms with Gasteiger partial charge in [0.1, 0.15) is 5.60 Å². The van der Waals surface area contributed by atoms with Crippen molar-refractivity contribution >= 4 is 12.0 Å². The number of benzene rings is 1. The Balaban J connectivity index is 1.59. The number of hydrogen-bond donors (Lipinski definition) is 1. The van der Waals surface area contributed by atoms with Gasteiger partial charge in [-0.2, -0.15) is 0 Å². The van der Waals surface area contributed by atoms with Crippen LogP contribution in [0.1, 0.15) is 58.1 Å². The van der Waals surface area contributed by atoms with E-state index in [4.69, 9.17) is 4.74 Å². The molecule has 5 heteroatoms. The molecule has 0 radical (unpaired) electrons. The maximum absolute atomic E-state index is 12.7. The molecule has 29 heavy (non-hydrogen) atoms. The van der Waals surface area contributed by atoms with Crippen molar-refractivity contribution < 1.29 is 14.3 Å². The molecule has 156 valence electrons. The molecule has 2 aliphatic rings. The molecule has 0 aromatic heterocycles. The van der Waals surface area contributed by atoms with E-state index in [-0.39, 0.29) is 18.0 Å². The Hall–Kier alpha value is -2.56. The van der Waals surface area contributed by atoms with Crippen LogP contribution in [0.4, 0.5) is 4.79 Å². The molecule has 1 aliphatic carbocycles. The molecule has 1 aromatic rings. The van der Waals surface area contributed by atoms with Gasteiger partial charge in [0, 0.05) is 18.7 Å². The van der Waals surface area contributed by atoms with E-state index in [0.29, 0.717) is 25.4 Å². The number of carbonyl (C=O) groups is 2. The van der Waals surface area contributed by atoms with Crippen LogP contribution in [0.3, 0.4) is 0 Å². The molecule has 1 aromatic carbocycles. The molecule has 3 rings (SSSR count). The van der Waals surface area contributed by atoms with Crippen molar-refractivity contribution in [2.75, 3.05) is 13.1 Å². The van der Waals surface area contributed by atoms with Crippen LogP contribution in [0, 0.1) is 5.92 Å². The lowest BCUT2D eigenvalue weighted by molar-refractivity contribution is -0.118. The lowest BCUT2D eigenvalue weighted by Crippen LogP contribution is -2.42. The highest BCUT2D eigenvalue weighted by molar-refractivity contribution is 5.94. The van der Waals surface area contributed by atoms with E-state index in [1.54, 1.807) is 4.90 Å². The fraction of sp³-hybridized carbons (Fsp3) is 0.500. The number of likely N-dealkylation sites (tertiary alicyclic amines) is 1. The molecule has 1 unspecified atom stereocenters. The number of nitrogens with zero attached hydrogens (tertiary/aromatic N) is 1. The Morgan fingerprint density at radius 1 is 1.17 bits per heavy atom. The van der Waals surface area contributed by atoms with Crippen molar-refractivity contribution in [1.82, 2.24) is 10.2 Å². The number of carbonyl (C=O) groups excluding carboxylic acids is 2. The van der Waals surface area contributed by atoms with E-state index < -0.39 is 5.60 Å². The summed E-state index contributed by atoms with van der Waals surface area (Å²) in [5.41, 5.74) is 1.47. The summed E-state index contributed by atoms with van der Waals surface area (Å²) in [5.74, 6) is 0.463. The highest BCUT2D eigenvalue weighted by atomic mass is 16.6. The van der Waals surface area contributed by atoms with E-state index in [2.05, 4.69) is 17.4 Å². The largest absolute Gasteiger partial charge is 0.444 e. The predicted molar refractivity (Wildman–Crippen MR) is 114 cm³/mol. The van der Waals surface area contributed by atoms with Crippen LogP contribution in [-0.4, -0.2) is 35.6 Å². The Kier molecular flexibility index (Phi) is 6.78. The molecule has 1 aliphatic heterocycles. The van der Waals surface area contributed by atoms with Gasteiger partial charge in [-0.3, -0.25) is 4.79 Å². The zero-order valence-electron chi connectivity index (χ0n) is 17.7. The summed E-state index contributed by atoms with van der Waals surface area (Å²) >= 11 is 0. The summed E-state index contributed by atoms with van der Waals surface area (Å²) in [6, 6.07) is 10.1. The molecule has 0 saturated carbocycles. The first-order chi connectivity index (χ1) is 13.8. The van der Waals surface area contributed by atoms with Gasteiger partial charge in [-0.25, -0.2) is 4.79 Å². The third-order valence-corrected chi connectivity index (χ3v) is 5.41. The fourth-order valence-electron chi connectivity index (χ4n) is 3.84. The summed E-state index contributed by atoms with van der Waals surface area (Å²) in [4.78, 5) is 26.7. The van der Waals surface area contributed by atoms with Gasteiger partial charge >= 0.3 is 6.09 Å². The van der Waals surface area contributed by atoms with Crippen LogP contribution in [-0.2, 0) is 9.53 Å². The maximum Gasteiger partial charge on any atom is 0.410 e. The Morgan fingerprint density at radius 2 is 1.86 bits per heavy atom. The third kappa shape index (κ3) is 6.21. The van der Waals surface area contributed by atoms with Crippen molar-refractivity contribution in [3.05, 3.63) is 59.7 Å². The van der Waals surface area contributed by atoms with Crippen LogP contribution in [0.15, 0.2) is 54.1 Å². The monoisotopic (exact) mass is 396 g/mol. The minimum absolute atomic E-state index is 0.00930. The first kappa shape index (κ1) is 21.2. The maximum atomic E-state index is 12.7. The first-order valence-corrected chi connectivity index (χ1v) is 10.5. The number of allylic oxidation sites excluding steroid dienone is 3. The zero-order valence-corrected chi connectivity index (χ0v) is 17.7. The number of piperidine rings is 1.